The quantitative estimate of drug-likeness (QED) is 0.671. The van der Waals surface area contributed by atoms with Crippen LogP contribution < -0.4 is 0 Å². The van der Waals surface area contributed by atoms with Crippen molar-refractivity contribution in [1.82, 2.24) is 10.1 Å². The number of likely N-dealkylation sites (N-methyl/N-ethyl adjacent to an activating group) is 1. The minimum absolute atomic E-state index is 0.0283. The summed E-state index contributed by atoms with van der Waals surface area (Å²) in [5.41, 5.74) is 2.64. The van der Waals surface area contributed by atoms with E-state index in [1.807, 2.05) is 58.2 Å². The van der Waals surface area contributed by atoms with E-state index in [2.05, 4.69) is 5.16 Å². The van der Waals surface area contributed by atoms with Crippen LogP contribution in [0.25, 0.3) is 11.0 Å². The standard InChI is InChI=1S/C20H24N2O3/c1-5-16-15(17(6-2)25-21-16)12-20(23)22(4)13(3)19-11-14-9-7-8-10-18(14)24-19/h7-11,13H,5-6,12H2,1-4H3. The van der Waals surface area contributed by atoms with Gasteiger partial charge in [-0.2, -0.15) is 0 Å². The van der Waals surface area contributed by atoms with Crippen molar-refractivity contribution in [2.45, 2.75) is 46.1 Å². The van der Waals surface area contributed by atoms with Gasteiger partial charge in [0.05, 0.1) is 18.2 Å². The second-order valence-corrected chi connectivity index (χ2v) is 6.28. The number of hydrogen-bond acceptors (Lipinski definition) is 4. The van der Waals surface area contributed by atoms with E-state index >= 15 is 0 Å². The highest BCUT2D eigenvalue weighted by molar-refractivity contribution is 5.80. The molecule has 1 amide bonds. The van der Waals surface area contributed by atoms with Crippen molar-refractivity contribution in [3.05, 3.63) is 53.1 Å². The number of nitrogens with zero attached hydrogens (tertiary/aromatic N) is 2. The normalized spacial score (nSPS) is 12.5. The van der Waals surface area contributed by atoms with E-state index in [9.17, 15) is 4.79 Å². The van der Waals surface area contributed by atoms with Crippen molar-refractivity contribution in [2.75, 3.05) is 7.05 Å². The van der Waals surface area contributed by atoms with Gasteiger partial charge in [0, 0.05) is 24.4 Å². The molecule has 5 heteroatoms. The maximum atomic E-state index is 12.8. The Labute approximate surface area is 147 Å². The Hall–Kier alpha value is -2.56. The van der Waals surface area contributed by atoms with Crippen LogP contribution in [0.3, 0.4) is 0 Å². The lowest BCUT2D eigenvalue weighted by Gasteiger charge is -2.23. The smallest absolute Gasteiger partial charge is 0.227 e. The van der Waals surface area contributed by atoms with Gasteiger partial charge < -0.3 is 13.8 Å². The summed E-state index contributed by atoms with van der Waals surface area (Å²) >= 11 is 0. The second kappa shape index (κ2) is 7.13. The average Bonchev–Trinajstić information content (AvgIpc) is 3.23. The van der Waals surface area contributed by atoms with E-state index in [-0.39, 0.29) is 11.9 Å². The van der Waals surface area contributed by atoms with Gasteiger partial charge in [0.15, 0.2) is 0 Å². The monoisotopic (exact) mass is 340 g/mol. The number of aromatic nitrogens is 1. The number of benzene rings is 1. The highest BCUT2D eigenvalue weighted by Crippen LogP contribution is 2.27. The van der Waals surface area contributed by atoms with Gasteiger partial charge in [-0.25, -0.2) is 0 Å². The minimum atomic E-state index is -0.144. The molecule has 0 bridgehead atoms. The molecule has 0 aliphatic heterocycles. The predicted molar refractivity (Wildman–Crippen MR) is 96.4 cm³/mol. The SMILES string of the molecule is CCc1noc(CC)c1CC(=O)N(C)C(C)c1cc2ccccc2o1. The third kappa shape index (κ3) is 3.31. The second-order valence-electron chi connectivity index (χ2n) is 6.28. The minimum Gasteiger partial charge on any atom is -0.459 e. The van der Waals surface area contributed by atoms with Gasteiger partial charge in [-0.3, -0.25) is 4.79 Å². The molecular weight excluding hydrogens is 316 g/mol. The fourth-order valence-corrected chi connectivity index (χ4v) is 3.03. The predicted octanol–water partition coefficient (Wildman–Crippen LogP) is 4.31. The molecular formula is C20H24N2O3. The largest absolute Gasteiger partial charge is 0.459 e. The third-order valence-corrected chi connectivity index (χ3v) is 4.77. The Morgan fingerprint density at radius 2 is 2.00 bits per heavy atom. The number of fused-ring (bicyclic) bond motifs is 1. The molecule has 0 radical (unpaired) electrons. The highest BCUT2D eigenvalue weighted by Gasteiger charge is 2.24. The molecule has 1 aromatic carbocycles. The van der Waals surface area contributed by atoms with Crippen molar-refractivity contribution in [2.24, 2.45) is 0 Å². The Kier molecular flexibility index (Phi) is 4.93. The molecule has 1 atom stereocenters. The fourth-order valence-electron chi connectivity index (χ4n) is 3.03. The number of carbonyl (C=O) groups excluding carboxylic acids is 1. The average molecular weight is 340 g/mol. The first kappa shape index (κ1) is 17.3. The molecule has 25 heavy (non-hydrogen) atoms. The summed E-state index contributed by atoms with van der Waals surface area (Å²) in [6.07, 6.45) is 1.80. The van der Waals surface area contributed by atoms with Gasteiger partial charge in [-0.15, -0.1) is 0 Å². The van der Waals surface area contributed by atoms with Crippen molar-refractivity contribution < 1.29 is 13.7 Å². The lowest BCUT2D eigenvalue weighted by molar-refractivity contribution is -0.131. The first-order chi connectivity index (χ1) is 12.0. The van der Waals surface area contributed by atoms with E-state index < -0.39 is 0 Å². The van der Waals surface area contributed by atoms with Crippen LogP contribution in [0, 0.1) is 0 Å². The van der Waals surface area contributed by atoms with Gasteiger partial charge in [-0.1, -0.05) is 37.2 Å². The first-order valence-corrected chi connectivity index (χ1v) is 8.75. The van der Waals surface area contributed by atoms with E-state index in [4.69, 9.17) is 8.94 Å². The number of furan rings is 1. The van der Waals surface area contributed by atoms with E-state index in [1.54, 1.807) is 4.90 Å². The van der Waals surface area contributed by atoms with Crippen LogP contribution in [0.2, 0.25) is 0 Å². The topological polar surface area (TPSA) is 59.5 Å². The molecule has 3 rings (SSSR count). The van der Waals surface area contributed by atoms with Gasteiger partial charge >= 0.3 is 0 Å². The first-order valence-electron chi connectivity index (χ1n) is 8.75. The maximum Gasteiger partial charge on any atom is 0.227 e. The molecule has 0 spiro atoms. The highest BCUT2D eigenvalue weighted by atomic mass is 16.5. The van der Waals surface area contributed by atoms with Crippen molar-refractivity contribution >= 4 is 16.9 Å². The fraction of sp³-hybridized carbons (Fsp3) is 0.400. The van der Waals surface area contributed by atoms with Crippen LogP contribution in [-0.2, 0) is 24.1 Å². The molecule has 0 saturated carbocycles. The van der Waals surface area contributed by atoms with Gasteiger partial charge in [0.1, 0.15) is 17.1 Å². The molecule has 0 aliphatic rings. The molecule has 0 fully saturated rings. The van der Waals surface area contributed by atoms with Crippen LogP contribution in [0.1, 0.15) is 49.6 Å². The number of aryl methyl sites for hydroxylation is 2. The number of hydrogen-bond donors (Lipinski definition) is 0. The summed E-state index contributed by atoms with van der Waals surface area (Å²) in [6.45, 7) is 6.01. The number of amides is 1. The van der Waals surface area contributed by atoms with Crippen LogP contribution >= 0.6 is 0 Å². The zero-order chi connectivity index (χ0) is 18.0. The lowest BCUT2D eigenvalue weighted by Crippen LogP contribution is -2.31. The van der Waals surface area contributed by atoms with Gasteiger partial charge in [-0.05, 0) is 25.5 Å². The van der Waals surface area contributed by atoms with Crippen molar-refractivity contribution in [3.63, 3.8) is 0 Å². The summed E-state index contributed by atoms with van der Waals surface area (Å²) in [5, 5.41) is 5.13. The Balaban J connectivity index is 1.78. The lowest BCUT2D eigenvalue weighted by atomic mass is 10.1. The Bertz CT molecular complexity index is 824. The Morgan fingerprint density at radius 1 is 1.24 bits per heavy atom. The van der Waals surface area contributed by atoms with Gasteiger partial charge in [0.2, 0.25) is 5.91 Å². The van der Waals surface area contributed by atoms with E-state index in [0.29, 0.717) is 6.42 Å². The van der Waals surface area contributed by atoms with E-state index in [0.717, 1.165) is 46.6 Å². The molecule has 0 aliphatic carbocycles. The molecule has 1 unspecified atom stereocenters. The number of rotatable bonds is 6. The van der Waals surface area contributed by atoms with E-state index in [1.165, 1.54) is 0 Å². The maximum absolute atomic E-state index is 12.8. The molecule has 2 heterocycles. The molecule has 3 aromatic rings. The molecule has 5 nitrogen and oxygen atoms in total. The van der Waals surface area contributed by atoms with Crippen LogP contribution in [-0.4, -0.2) is 23.0 Å². The zero-order valence-electron chi connectivity index (χ0n) is 15.2. The summed E-state index contributed by atoms with van der Waals surface area (Å²) < 4.78 is 11.3. The summed E-state index contributed by atoms with van der Waals surface area (Å²) in [7, 11) is 1.81. The zero-order valence-corrected chi connectivity index (χ0v) is 15.2. The Morgan fingerprint density at radius 3 is 2.68 bits per heavy atom. The van der Waals surface area contributed by atoms with Crippen LogP contribution in [0.4, 0.5) is 0 Å². The van der Waals surface area contributed by atoms with Crippen molar-refractivity contribution in [1.29, 1.82) is 0 Å². The molecule has 2 aromatic heterocycles. The molecule has 0 N–H and O–H groups in total. The summed E-state index contributed by atoms with van der Waals surface area (Å²) in [4.78, 5) is 14.5. The molecule has 132 valence electrons. The van der Waals surface area contributed by atoms with Crippen molar-refractivity contribution in [3.8, 4) is 0 Å². The van der Waals surface area contributed by atoms with Crippen LogP contribution in [0.5, 0.6) is 0 Å². The summed E-state index contributed by atoms with van der Waals surface area (Å²) in [5.74, 6) is 1.62. The summed E-state index contributed by atoms with van der Waals surface area (Å²) in [6, 6.07) is 9.72. The molecule has 0 saturated heterocycles. The van der Waals surface area contributed by atoms with Gasteiger partial charge in [0.25, 0.3) is 0 Å². The number of para-hydroxylation sites is 1. The van der Waals surface area contributed by atoms with Crippen LogP contribution in [0.15, 0.2) is 39.3 Å². The third-order valence-electron chi connectivity index (χ3n) is 4.77. The number of carbonyl (C=O) groups is 1.